The number of anilines is 1. The first-order valence-electron chi connectivity index (χ1n) is 6.78. The number of carboxylic acids is 1. The Morgan fingerprint density at radius 1 is 1.57 bits per heavy atom. The number of thiazole rings is 1. The fourth-order valence-electron chi connectivity index (χ4n) is 2.21. The predicted octanol–water partition coefficient (Wildman–Crippen LogP) is 0.820. The minimum atomic E-state index is -0.837. The molecule has 2 atom stereocenters. The number of hydrogen-bond acceptors (Lipinski definition) is 6. The number of aryl methyl sites for hydroxylation is 1. The van der Waals surface area contributed by atoms with Gasteiger partial charge in [0.15, 0.2) is 5.13 Å². The lowest BCUT2D eigenvalue weighted by atomic mass is 10.1. The standard InChI is InChI=1S/C13H19N3O4S/c1-7(11(17)14-5-6-20-2)15-13-16-10-8(12(18)19)3-4-9(10)21-13/h7-8H,3-6H2,1-2H3,(H,14,17)(H,15,16)(H,18,19). The molecule has 1 aliphatic carbocycles. The van der Waals surface area contributed by atoms with Crippen molar-refractivity contribution < 1.29 is 19.4 Å². The maximum absolute atomic E-state index is 11.8. The fourth-order valence-corrected chi connectivity index (χ4v) is 3.33. The first-order valence-corrected chi connectivity index (χ1v) is 7.60. The fraction of sp³-hybridized carbons (Fsp3) is 0.615. The van der Waals surface area contributed by atoms with E-state index < -0.39 is 17.9 Å². The number of nitrogens with zero attached hydrogens (tertiary/aromatic N) is 1. The second-order valence-corrected chi connectivity index (χ2v) is 5.99. The number of rotatable bonds is 7. The highest BCUT2D eigenvalue weighted by Crippen LogP contribution is 2.38. The average Bonchev–Trinajstić information content (AvgIpc) is 2.97. The van der Waals surface area contributed by atoms with Crippen LogP contribution in [-0.4, -0.2) is 48.3 Å². The van der Waals surface area contributed by atoms with Gasteiger partial charge in [0.05, 0.1) is 12.3 Å². The van der Waals surface area contributed by atoms with Crippen molar-refractivity contribution >= 4 is 28.3 Å². The van der Waals surface area contributed by atoms with Crippen molar-refractivity contribution in [3.63, 3.8) is 0 Å². The Hall–Kier alpha value is -1.67. The van der Waals surface area contributed by atoms with E-state index in [0.717, 1.165) is 11.3 Å². The van der Waals surface area contributed by atoms with Gasteiger partial charge in [-0.2, -0.15) is 0 Å². The van der Waals surface area contributed by atoms with Crippen molar-refractivity contribution in [1.29, 1.82) is 0 Å². The summed E-state index contributed by atoms with van der Waals surface area (Å²) in [6.45, 7) is 2.66. The molecule has 0 radical (unpaired) electrons. The zero-order chi connectivity index (χ0) is 15.4. The molecule has 1 aliphatic rings. The molecule has 7 nitrogen and oxygen atoms in total. The van der Waals surface area contributed by atoms with Gasteiger partial charge in [-0.1, -0.05) is 0 Å². The van der Waals surface area contributed by atoms with Gasteiger partial charge in [0.2, 0.25) is 5.91 Å². The number of carbonyl (C=O) groups excluding carboxylic acids is 1. The van der Waals surface area contributed by atoms with Gasteiger partial charge in [0.25, 0.3) is 0 Å². The van der Waals surface area contributed by atoms with Gasteiger partial charge in [-0.3, -0.25) is 9.59 Å². The van der Waals surface area contributed by atoms with E-state index in [0.29, 0.717) is 30.4 Å². The monoisotopic (exact) mass is 313 g/mol. The Morgan fingerprint density at radius 3 is 3.00 bits per heavy atom. The van der Waals surface area contributed by atoms with E-state index >= 15 is 0 Å². The number of methoxy groups -OCH3 is 1. The third-order valence-corrected chi connectivity index (χ3v) is 4.42. The van der Waals surface area contributed by atoms with Crippen LogP contribution in [0.3, 0.4) is 0 Å². The first kappa shape index (κ1) is 15.7. The van der Waals surface area contributed by atoms with Gasteiger partial charge in [-0.25, -0.2) is 4.98 Å². The van der Waals surface area contributed by atoms with Gasteiger partial charge in [0.1, 0.15) is 12.0 Å². The third-order valence-electron chi connectivity index (χ3n) is 3.35. The molecular formula is C13H19N3O4S. The van der Waals surface area contributed by atoms with Crippen LogP contribution in [0.2, 0.25) is 0 Å². The summed E-state index contributed by atoms with van der Waals surface area (Å²) in [6, 6.07) is -0.434. The highest BCUT2D eigenvalue weighted by molar-refractivity contribution is 7.15. The van der Waals surface area contributed by atoms with Crippen molar-refractivity contribution in [2.75, 3.05) is 25.6 Å². The second kappa shape index (κ2) is 6.86. The highest BCUT2D eigenvalue weighted by atomic mass is 32.1. The summed E-state index contributed by atoms with van der Waals surface area (Å²) in [5.74, 6) is -1.49. The number of amides is 1. The van der Waals surface area contributed by atoms with Crippen molar-refractivity contribution in [3.05, 3.63) is 10.6 Å². The Balaban J connectivity index is 1.93. The van der Waals surface area contributed by atoms with Crippen LogP contribution < -0.4 is 10.6 Å². The molecule has 0 bridgehead atoms. The van der Waals surface area contributed by atoms with Crippen LogP contribution in [0, 0.1) is 0 Å². The molecule has 2 unspecified atom stereocenters. The zero-order valence-electron chi connectivity index (χ0n) is 12.0. The molecule has 0 fully saturated rings. The lowest BCUT2D eigenvalue weighted by Crippen LogP contribution is -2.39. The number of aromatic nitrogens is 1. The Morgan fingerprint density at radius 2 is 2.33 bits per heavy atom. The molecule has 0 saturated heterocycles. The summed E-state index contributed by atoms with van der Waals surface area (Å²) in [6.07, 6.45) is 1.34. The number of fused-ring (bicyclic) bond motifs is 1. The van der Waals surface area contributed by atoms with Crippen molar-refractivity contribution in [1.82, 2.24) is 10.3 Å². The summed E-state index contributed by atoms with van der Waals surface area (Å²) >= 11 is 1.43. The molecule has 0 aromatic carbocycles. The largest absolute Gasteiger partial charge is 0.481 e. The molecule has 0 spiro atoms. The van der Waals surface area contributed by atoms with E-state index in [1.54, 1.807) is 14.0 Å². The van der Waals surface area contributed by atoms with Crippen LogP contribution in [-0.2, 0) is 20.7 Å². The molecule has 1 amide bonds. The number of carboxylic acid groups (broad SMARTS) is 1. The molecule has 1 aromatic heterocycles. The van der Waals surface area contributed by atoms with E-state index in [9.17, 15) is 9.59 Å². The highest BCUT2D eigenvalue weighted by Gasteiger charge is 2.32. The number of carbonyl (C=O) groups is 2. The lowest BCUT2D eigenvalue weighted by Gasteiger charge is -2.13. The van der Waals surface area contributed by atoms with Crippen molar-refractivity contribution in [3.8, 4) is 0 Å². The smallest absolute Gasteiger partial charge is 0.312 e. The number of hydrogen-bond donors (Lipinski definition) is 3. The number of ether oxygens (including phenoxy) is 1. The van der Waals surface area contributed by atoms with E-state index in [4.69, 9.17) is 9.84 Å². The molecule has 2 rings (SSSR count). The van der Waals surface area contributed by atoms with Crippen LogP contribution in [0.1, 0.15) is 29.8 Å². The lowest BCUT2D eigenvalue weighted by molar-refractivity contribution is -0.138. The van der Waals surface area contributed by atoms with Gasteiger partial charge < -0.3 is 20.5 Å². The van der Waals surface area contributed by atoms with Crippen molar-refractivity contribution in [2.24, 2.45) is 0 Å². The van der Waals surface area contributed by atoms with E-state index in [1.807, 2.05) is 0 Å². The summed E-state index contributed by atoms with van der Waals surface area (Å²) in [5.41, 5.74) is 0.641. The molecule has 116 valence electrons. The minimum Gasteiger partial charge on any atom is -0.481 e. The van der Waals surface area contributed by atoms with Gasteiger partial charge in [0, 0.05) is 18.5 Å². The van der Waals surface area contributed by atoms with E-state index in [2.05, 4.69) is 15.6 Å². The molecular weight excluding hydrogens is 294 g/mol. The molecule has 1 aromatic rings. The van der Waals surface area contributed by atoms with Crippen molar-refractivity contribution in [2.45, 2.75) is 31.7 Å². The average molecular weight is 313 g/mol. The number of aliphatic carboxylic acids is 1. The first-order chi connectivity index (χ1) is 10.0. The normalized spacial score (nSPS) is 18.1. The van der Waals surface area contributed by atoms with Crippen LogP contribution in [0.25, 0.3) is 0 Å². The molecule has 0 aliphatic heterocycles. The predicted molar refractivity (Wildman–Crippen MR) is 78.8 cm³/mol. The molecule has 0 saturated carbocycles. The summed E-state index contributed by atoms with van der Waals surface area (Å²) in [4.78, 5) is 28.3. The minimum absolute atomic E-state index is 0.141. The van der Waals surface area contributed by atoms with Crippen LogP contribution >= 0.6 is 11.3 Å². The van der Waals surface area contributed by atoms with Crippen LogP contribution in [0.4, 0.5) is 5.13 Å². The third kappa shape index (κ3) is 3.70. The maximum atomic E-state index is 11.8. The Kier molecular flexibility index (Phi) is 5.13. The molecule has 21 heavy (non-hydrogen) atoms. The van der Waals surface area contributed by atoms with Crippen LogP contribution in [0.15, 0.2) is 0 Å². The topological polar surface area (TPSA) is 101 Å². The van der Waals surface area contributed by atoms with Gasteiger partial charge >= 0.3 is 5.97 Å². The maximum Gasteiger partial charge on any atom is 0.312 e. The quantitative estimate of drug-likeness (QED) is 0.644. The zero-order valence-corrected chi connectivity index (χ0v) is 12.8. The Labute approximate surface area is 126 Å². The van der Waals surface area contributed by atoms with E-state index in [-0.39, 0.29) is 5.91 Å². The molecule has 8 heteroatoms. The van der Waals surface area contributed by atoms with E-state index in [1.165, 1.54) is 11.3 Å². The van der Waals surface area contributed by atoms with Crippen LogP contribution in [0.5, 0.6) is 0 Å². The summed E-state index contributed by atoms with van der Waals surface area (Å²) < 4.78 is 4.86. The molecule has 3 N–H and O–H groups in total. The number of nitrogens with one attached hydrogen (secondary N) is 2. The SMILES string of the molecule is COCCNC(=O)C(C)Nc1nc2c(s1)CCC2C(=O)O. The summed E-state index contributed by atoms with van der Waals surface area (Å²) in [7, 11) is 1.57. The molecule has 1 heterocycles. The summed E-state index contributed by atoms with van der Waals surface area (Å²) in [5, 5.41) is 15.5. The van der Waals surface area contributed by atoms with Gasteiger partial charge in [-0.05, 0) is 19.8 Å². The Bertz CT molecular complexity index is 531. The van der Waals surface area contributed by atoms with Gasteiger partial charge in [-0.15, -0.1) is 11.3 Å². The second-order valence-electron chi connectivity index (χ2n) is 4.91.